The van der Waals surface area contributed by atoms with Gasteiger partial charge in [0.15, 0.2) is 0 Å². The topological polar surface area (TPSA) is 58.1 Å². The number of anilines is 1. The van der Waals surface area contributed by atoms with Crippen LogP contribution in [0.2, 0.25) is 0 Å². The molecular weight excluding hydrogens is 216 g/mol. The molecule has 1 aromatic rings. The number of rotatable bonds is 6. The third-order valence-electron chi connectivity index (χ3n) is 2.46. The number of aromatic nitrogens is 2. The minimum absolute atomic E-state index is 0.136. The molecule has 94 valence electrons. The molecule has 0 aliphatic heterocycles. The molecule has 0 aliphatic carbocycles. The van der Waals surface area contributed by atoms with Gasteiger partial charge in [-0.2, -0.15) is 0 Å². The summed E-state index contributed by atoms with van der Waals surface area (Å²) in [5.74, 6) is 0.474. The van der Waals surface area contributed by atoms with Crippen LogP contribution in [0, 0.1) is 0 Å². The van der Waals surface area contributed by atoms with Gasteiger partial charge in [-0.25, -0.2) is 9.97 Å². The molecule has 0 bridgehead atoms. The summed E-state index contributed by atoms with van der Waals surface area (Å²) in [4.78, 5) is 22.2. The number of nitrogens with one attached hydrogen (secondary N) is 1. The van der Waals surface area contributed by atoms with E-state index in [-0.39, 0.29) is 5.91 Å². The van der Waals surface area contributed by atoms with Crippen LogP contribution < -0.4 is 10.2 Å². The number of carbonyl (C=O) groups is 1. The molecule has 0 spiro atoms. The van der Waals surface area contributed by atoms with E-state index in [2.05, 4.69) is 15.3 Å². The standard InChI is InChI=1S/C12H20N4O/c1-4-8-13-11(17)10-7-9-14-12(15-10)16(5-2)6-3/h7,9H,4-6,8H2,1-3H3,(H,13,17). The van der Waals surface area contributed by atoms with Crippen molar-refractivity contribution in [2.75, 3.05) is 24.5 Å². The van der Waals surface area contributed by atoms with E-state index in [4.69, 9.17) is 0 Å². The maximum Gasteiger partial charge on any atom is 0.270 e. The van der Waals surface area contributed by atoms with Crippen LogP contribution in [0.4, 0.5) is 5.95 Å². The quantitative estimate of drug-likeness (QED) is 0.812. The first-order valence-electron chi connectivity index (χ1n) is 6.09. The van der Waals surface area contributed by atoms with Crippen molar-refractivity contribution in [3.63, 3.8) is 0 Å². The molecule has 0 aliphatic rings. The Morgan fingerprint density at radius 3 is 2.65 bits per heavy atom. The van der Waals surface area contributed by atoms with Gasteiger partial charge in [-0.05, 0) is 26.3 Å². The van der Waals surface area contributed by atoms with Gasteiger partial charge < -0.3 is 10.2 Å². The van der Waals surface area contributed by atoms with Crippen LogP contribution in [0.15, 0.2) is 12.3 Å². The highest BCUT2D eigenvalue weighted by Crippen LogP contribution is 2.06. The normalized spacial score (nSPS) is 10.1. The molecule has 5 heteroatoms. The minimum Gasteiger partial charge on any atom is -0.351 e. The van der Waals surface area contributed by atoms with E-state index < -0.39 is 0 Å². The summed E-state index contributed by atoms with van der Waals surface area (Å²) < 4.78 is 0. The molecule has 1 aromatic heterocycles. The zero-order chi connectivity index (χ0) is 12.7. The molecule has 1 rings (SSSR count). The fourth-order valence-corrected chi connectivity index (χ4v) is 1.46. The monoisotopic (exact) mass is 236 g/mol. The molecule has 0 fully saturated rings. The summed E-state index contributed by atoms with van der Waals surface area (Å²) in [5.41, 5.74) is 0.426. The molecule has 0 atom stereocenters. The first-order chi connectivity index (χ1) is 8.22. The van der Waals surface area contributed by atoms with Gasteiger partial charge in [0.25, 0.3) is 5.91 Å². The molecule has 17 heavy (non-hydrogen) atoms. The van der Waals surface area contributed by atoms with E-state index in [1.807, 2.05) is 25.7 Å². The lowest BCUT2D eigenvalue weighted by atomic mass is 10.3. The molecule has 5 nitrogen and oxygen atoms in total. The van der Waals surface area contributed by atoms with Crippen LogP contribution in [0.25, 0.3) is 0 Å². The number of nitrogens with zero attached hydrogens (tertiary/aromatic N) is 3. The Kier molecular flexibility index (Phi) is 5.39. The Labute approximate surface area is 102 Å². The number of hydrogen-bond acceptors (Lipinski definition) is 4. The second-order valence-corrected chi connectivity index (χ2v) is 3.67. The smallest absolute Gasteiger partial charge is 0.270 e. The van der Waals surface area contributed by atoms with Gasteiger partial charge in [-0.3, -0.25) is 4.79 Å². The summed E-state index contributed by atoms with van der Waals surface area (Å²) >= 11 is 0. The largest absolute Gasteiger partial charge is 0.351 e. The first-order valence-corrected chi connectivity index (χ1v) is 6.09. The minimum atomic E-state index is -0.136. The van der Waals surface area contributed by atoms with Crippen molar-refractivity contribution in [3.05, 3.63) is 18.0 Å². The zero-order valence-corrected chi connectivity index (χ0v) is 10.7. The van der Waals surface area contributed by atoms with E-state index in [0.29, 0.717) is 18.2 Å². The second kappa shape index (κ2) is 6.83. The lowest BCUT2D eigenvalue weighted by Gasteiger charge is -2.18. The van der Waals surface area contributed by atoms with Crippen molar-refractivity contribution >= 4 is 11.9 Å². The first kappa shape index (κ1) is 13.4. The summed E-state index contributed by atoms with van der Waals surface area (Å²) in [6.07, 6.45) is 2.54. The molecule has 0 saturated heterocycles. The van der Waals surface area contributed by atoms with Crippen LogP contribution >= 0.6 is 0 Å². The number of amides is 1. The Bertz CT molecular complexity index is 363. The Morgan fingerprint density at radius 2 is 2.06 bits per heavy atom. The van der Waals surface area contributed by atoms with E-state index in [0.717, 1.165) is 19.5 Å². The second-order valence-electron chi connectivity index (χ2n) is 3.67. The van der Waals surface area contributed by atoms with Crippen LogP contribution in [0.1, 0.15) is 37.7 Å². The fourth-order valence-electron chi connectivity index (χ4n) is 1.46. The molecule has 0 saturated carbocycles. The third-order valence-corrected chi connectivity index (χ3v) is 2.46. The van der Waals surface area contributed by atoms with E-state index >= 15 is 0 Å². The van der Waals surface area contributed by atoms with E-state index in [1.165, 1.54) is 0 Å². The predicted octanol–water partition coefficient (Wildman–Crippen LogP) is 1.46. The van der Waals surface area contributed by atoms with Crippen molar-refractivity contribution in [2.45, 2.75) is 27.2 Å². The summed E-state index contributed by atoms with van der Waals surface area (Å²) in [5, 5.41) is 2.80. The lowest BCUT2D eigenvalue weighted by molar-refractivity contribution is 0.0948. The van der Waals surface area contributed by atoms with Gasteiger partial charge in [-0.15, -0.1) is 0 Å². The predicted molar refractivity (Wildman–Crippen MR) is 68.2 cm³/mol. The molecule has 1 heterocycles. The van der Waals surface area contributed by atoms with Crippen molar-refractivity contribution in [2.24, 2.45) is 0 Å². The van der Waals surface area contributed by atoms with Crippen LogP contribution in [-0.2, 0) is 0 Å². The van der Waals surface area contributed by atoms with Crippen molar-refractivity contribution < 1.29 is 4.79 Å². The van der Waals surface area contributed by atoms with E-state index in [9.17, 15) is 4.79 Å². The number of hydrogen-bond donors (Lipinski definition) is 1. The summed E-state index contributed by atoms with van der Waals surface area (Å²) in [6.45, 7) is 8.42. The van der Waals surface area contributed by atoms with Crippen molar-refractivity contribution in [1.29, 1.82) is 0 Å². The lowest BCUT2D eigenvalue weighted by Crippen LogP contribution is -2.28. The van der Waals surface area contributed by atoms with Crippen molar-refractivity contribution in [3.8, 4) is 0 Å². The van der Waals surface area contributed by atoms with Gasteiger partial charge >= 0.3 is 0 Å². The van der Waals surface area contributed by atoms with Gasteiger partial charge in [0, 0.05) is 25.8 Å². The molecule has 0 unspecified atom stereocenters. The van der Waals surface area contributed by atoms with Gasteiger partial charge in [0.05, 0.1) is 0 Å². The maximum atomic E-state index is 11.7. The fraction of sp³-hybridized carbons (Fsp3) is 0.583. The highest BCUT2D eigenvalue weighted by atomic mass is 16.1. The maximum absolute atomic E-state index is 11.7. The third kappa shape index (κ3) is 3.69. The van der Waals surface area contributed by atoms with E-state index in [1.54, 1.807) is 12.3 Å². The molecule has 0 aromatic carbocycles. The van der Waals surface area contributed by atoms with Crippen molar-refractivity contribution in [1.82, 2.24) is 15.3 Å². The summed E-state index contributed by atoms with van der Waals surface area (Å²) in [7, 11) is 0. The highest BCUT2D eigenvalue weighted by Gasteiger charge is 2.10. The van der Waals surface area contributed by atoms with Crippen LogP contribution in [-0.4, -0.2) is 35.5 Å². The Morgan fingerprint density at radius 1 is 1.35 bits per heavy atom. The van der Waals surface area contributed by atoms with Crippen LogP contribution in [0.3, 0.4) is 0 Å². The average Bonchev–Trinajstić information content (AvgIpc) is 2.38. The molecule has 0 radical (unpaired) electrons. The molecule has 1 N–H and O–H groups in total. The molecule has 1 amide bonds. The number of carbonyl (C=O) groups excluding carboxylic acids is 1. The Hall–Kier alpha value is -1.65. The Balaban J connectivity index is 2.81. The average molecular weight is 236 g/mol. The highest BCUT2D eigenvalue weighted by molar-refractivity contribution is 5.92. The molecular formula is C12H20N4O. The SMILES string of the molecule is CCCNC(=O)c1ccnc(N(CC)CC)n1. The van der Waals surface area contributed by atoms with Gasteiger partial charge in [0.2, 0.25) is 5.95 Å². The van der Waals surface area contributed by atoms with Crippen LogP contribution in [0.5, 0.6) is 0 Å². The zero-order valence-electron chi connectivity index (χ0n) is 10.7. The van der Waals surface area contributed by atoms with Gasteiger partial charge in [0.1, 0.15) is 5.69 Å². The summed E-state index contributed by atoms with van der Waals surface area (Å²) in [6, 6.07) is 1.64. The van der Waals surface area contributed by atoms with Gasteiger partial charge in [-0.1, -0.05) is 6.92 Å².